The highest BCUT2D eigenvalue weighted by molar-refractivity contribution is 6.17. The fourth-order valence-corrected chi connectivity index (χ4v) is 0.542. The Bertz CT molecular complexity index is 34.1. The molecule has 0 aromatic rings. The van der Waals surface area contributed by atoms with Crippen molar-refractivity contribution in [1.29, 1.82) is 0 Å². The summed E-state index contributed by atoms with van der Waals surface area (Å²) in [6, 6.07) is 0. The van der Waals surface area contributed by atoms with Crippen LogP contribution >= 0.6 is 11.6 Å². The van der Waals surface area contributed by atoms with Crippen LogP contribution in [0.1, 0.15) is 6.42 Å². The van der Waals surface area contributed by atoms with Gasteiger partial charge >= 0.3 is 0 Å². The summed E-state index contributed by atoms with van der Waals surface area (Å²) >= 11 is 5.34. The third-order valence-electron chi connectivity index (χ3n) is 0.524. The van der Waals surface area contributed by atoms with Crippen molar-refractivity contribution < 1.29 is 4.84 Å². The predicted octanol–water partition coefficient (Wildman–Crippen LogP) is -0.583. The SMILES string of the molecule is [SiH3]NOCCCCl. The normalized spacial score (nSPS) is 9.86. The summed E-state index contributed by atoms with van der Waals surface area (Å²) in [5.74, 6) is 0.684. The fourth-order valence-electron chi connectivity index (χ4n) is 0.229. The van der Waals surface area contributed by atoms with E-state index in [9.17, 15) is 0 Å². The van der Waals surface area contributed by atoms with Crippen LogP contribution in [-0.4, -0.2) is 22.9 Å². The lowest BCUT2D eigenvalue weighted by Crippen LogP contribution is -2.10. The molecular weight excluding hydrogens is 130 g/mol. The first kappa shape index (κ1) is 7.43. The molecule has 0 aliphatic carbocycles. The molecule has 7 heavy (non-hydrogen) atoms. The van der Waals surface area contributed by atoms with Crippen LogP contribution in [0, 0.1) is 0 Å². The fraction of sp³-hybridized carbons (Fsp3) is 1.00. The second-order valence-electron chi connectivity index (χ2n) is 1.10. The van der Waals surface area contributed by atoms with E-state index in [-0.39, 0.29) is 0 Å². The molecule has 0 aromatic heterocycles. The van der Waals surface area contributed by atoms with Crippen LogP contribution in [0.3, 0.4) is 0 Å². The van der Waals surface area contributed by atoms with Crippen molar-refractivity contribution in [3.05, 3.63) is 0 Å². The van der Waals surface area contributed by atoms with E-state index in [1.54, 1.807) is 0 Å². The van der Waals surface area contributed by atoms with E-state index < -0.39 is 0 Å². The second-order valence-corrected chi connectivity index (χ2v) is 1.88. The monoisotopic (exact) mass is 139 g/mol. The Kier molecular flexibility index (Phi) is 6.82. The zero-order chi connectivity index (χ0) is 5.54. The molecule has 1 N–H and O–H groups in total. The molecule has 0 rings (SSSR count). The Morgan fingerprint density at radius 1 is 1.71 bits per heavy atom. The number of alkyl halides is 1. The van der Waals surface area contributed by atoms with Crippen molar-refractivity contribution >= 4 is 22.0 Å². The van der Waals surface area contributed by atoms with Crippen molar-refractivity contribution in [3.8, 4) is 0 Å². The predicted molar refractivity (Wildman–Crippen MR) is 34.4 cm³/mol. The van der Waals surface area contributed by atoms with Gasteiger partial charge in [0.1, 0.15) is 10.4 Å². The summed E-state index contributed by atoms with van der Waals surface area (Å²) in [4.78, 5) is 4.80. The highest BCUT2D eigenvalue weighted by atomic mass is 35.5. The molecule has 0 amide bonds. The van der Waals surface area contributed by atoms with E-state index in [0.29, 0.717) is 5.88 Å². The Morgan fingerprint density at radius 2 is 2.43 bits per heavy atom. The van der Waals surface area contributed by atoms with Crippen molar-refractivity contribution in [1.82, 2.24) is 5.15 Å². The molecule has 0 saturated carbocycles. The van der Waals surface area contributed by atoms with E-state index in [2.05, 4.69) is 5.15 Å². The minimum absolute atomic E-state index is 0.684. The first-order valence-corrected chi connectivity index (χ1v) is 3.79. The molecule has 0 bridgehead atoms. The van der Waals surface area contributed by atoms with E-state index >= 15 is 0 Å². The maximum absolute atomic E-state index is 5.34. The number of nitrogens with one attached hydrogen (secondary N) is 1. The van der Waals surface area contributed by atoms with Gasteiger partial charge in [0.05, 0.1) is 6.61 Å². The third kappa shape index (κ3) is 6.43. The van der Waals surface area contributed by atoms with Gasteiger partial charge in [0.15, 0.2) is 0 Å². The topological polar surface area (TPSA) is 21.3 Å². The second kappa shape index (κ2) is 6.43. The van der Waals surface area contributed by atoms with Gasteiger partial charge in [-0.2, -0.15) is 0 Å². The first-order chi connectivity index (χ1) is 3.41. The van der Waals surface area contributed by atoms with Crippen molar-refractivity contribution in [3.63, 3.8) is 0 Å². The van der Waals surface area contributed by atoms with Gasteiger partial charge < -0.3 is 4.84 Å². The summed E-state index contributed by atoms with van der Waals surface area (Å²) in [6.45, 7) is 0.729. The maximum atomic E-state index is 5.34. The average Bonchev–Trinajstić information content (AvgIpc) is 1.69. The lowest BCUT2D eigenvalue weighted by molar-refractivity contribution is 0.0961. The van der Waals surface area contributed by atoms with Gasteiger partial charge in [-0.15, -0.1) is 11.6 Å². The van der Waals surface area contributed by atoms with E-state index in [0.717, 1.165) is 23.4 Å². The molecule has 4 heteroatoms. The van der Waals surface area contributed by atoms with Crippen LogP contribution in [0.2, 0.25) is 0 Å². The van der Waals surface area contributed by atoms with Gasteiger partial charge in [0.25, 0.3) is 0 Å². The first-order valence-electron chi connectivity index (χ1n) is 2.26. The molecule has 0 aliphatic heterocycles. The number of hydrogen-bond acceptors (Lipinski definition) is 2. The number of halogens is 1. The van der Waals surface area contributed by atoms with Gasteiger partial charge in [0.2, 0.25) is 0 Å². The minimum atomic E-state index is 0.684. The zero-order valence-electron chi connectivity index (χ0n) is 4.41. The van der Waals surface area contributed by atoms with E-state index in [1.807, 2.05) is 0 Å². The highest BCUT2D eigenvalue weighted by Gasteiger charge is 1.79. The molecule has 0 aliphatic rings. The van der Waals surface area contributed by atoms with Crippen molar-refractivity contribution in [2.45, 2.75) is 6.42 Å². The zero-order valence-corrected chi connectivity index (χ0v) is 7.16. The van der Waals surface area contributed by atoms with Crippen LogP contribution in [0.5, 0.6) is 0 Å². The van der Waals surface area contributed by atoms with Gasteiger partial charge in [0, 0.05) is 5.88 Å². The summed E-state index contributed by atoms with van der Waals surface area (Å²) in [7, 11) is 0.891. The molecule has 0 spiro atoms. The Balaban J connectivity index is 2.45. The summed E-state index contributed by atoms with van der Waals surface area (Å²) in [5.41, 5.74) is 0. The minimum Gasteiger partial charge on any atom is -0.310 e. The largest absolute Gasteiger partial charge is 0.310 e. The average molecular weight is 140 g/mol. The molecule has 0 radical (unpaired) electrons. The highest BCUT2D eigenvalue weighted by Crippen LogP contribution is 1.81. The van der Waals surface area contributed by atoms with Crippen LogP contribution < -0.4 is 5.15 Å². The molecule has 0 heterocycles. The van der Waals surface area contributed by atoms with Gasteiger partial charge in [-0.05, 0) is 6.42 Å². The lowest BCUT2D eigenvalue weighted by atomic mass is 10.5. The van der Waals surface area contributed by atoms with Crippen molar-refractivity contribution in [2.75, 3.05) is 12.5 Å². The molecule has 0 fully saturated rings. The molecular formula is C3H10ClNOSi. The number of hydrogen-bond donors (Lipinski definition) is 1. The van der Waals surface area contributed by atoms with E-state index in [4.69, 9.17) is 16.4 Å². The molecule has 0 unspecified atom stereocenters. The van der Waals surface area contributed by atoms with Gasteiger partial charge in [-0.1, -0.05) is 0 Å². The smallest absolute Gasteiger partial charge is 0.109 e. The Labute approximate surface area is 51.6 Å². The van der Waals surface area contributed by atoms with Crippen LogP contribution in [-0.2, 0) is 4.84 Å². The summed E-state index contributed by atoms with van der Waals surface area (Å²) in [6.07, 6.45) is 0.927. The van der Waals surface area contributed by atoms with Gasteiger partial charge in [-0.3, -0.25) is 0 Å². The molecule has 0 aromatic carbocycles. The third-order valence-corrected chi connectivity index (χ3v) is 1.08. The van der Waals surface area contributed by atoms with Crippen molar-refractivity contribution in [2.24, 2.45) is 0 Å². The standard InChI is InChI=1S/C3H10ClNOSi/c4-2-1-3-6-5-7/h5H,1-3H2,7H3. The molecule has 2 nitrogen and oxygen atoms in total. The Hall–Kier alpha value is 0.427. The lowest BCUT2D eigenvalue weighted by Gasteiger charge is -1.95. The van der Waals surface area contributed by atoms with Crippen LogP contribution in [0.15, 0.2) is 0 Å². The summed E-state index contributed by atoms with van der Waals surface area (Å²) < 4.78 is 0. The quantitative estimate of drug-likeness (QED) is 0.244. The molecule has 0 saturated heterocycles. The van der Waals surface area contributed by atoms with Gasteiger partial charge in [-0.25, -0.2) is 5.15 Å². The molecule has 44 valence electrons. The maximum Gasteiger partial charge on any atom is 0.109 e. The number of rotatable bonds is 4. The van der Waals surface area contributed by atoms with Crippen LogP contribution in [0.4, 0.5) is 0 Å². The Morgan fingerprint density at radius 3 is 2.86 bits per heavy atom. The molecule has 0 atom stereocenters. The van der Waals surface area contributed by atoms with Crippen LogP contribution in [0.25, 0.3) is 0 Å². The summed E-state index contributed by atoms with van der Waals surface area (Å²) in [5, 5.41) is 2.68. The van der Waals surface area contributed by atoms with E-state index in [1.165, 1.54) is 0 Å².